The Hall–Kier alpha value is -1.02. The highest BCUT2D eigenvalue weighted by molar-refractivity contribution is 5.47. The first-order valence-corrected chi connectivity index (χ1v) is 7.74. The van der Waals surface area contributed by atoms with Gasteiger partial charge < -0.3 is 10.2 Å². The summed E-state index contributed by atoms with van der Waals surface area (Å²) in [7, 11) is 2.18. The van der Waals surface area contributed by atoms with E-state index in [1.54, 1.807) is 0 Å². The molecule has 106 valence electrons. The van der Waals surface area contributed by atoms with Crippen molar-refractivity contribution in [1.29, 1.82) is 0 Å². The van der Waals surface area contributed by atoms with Gasteiger partial charge in [-0.15, -0.1) is 0 Å². The van der Waals surface area contributed by atoms with E-state index in [2.05, 4.69) is 48.5 Å². The predicted molar refractivity (Wildman–Crippen MR) is 83.9 cm³/mol. The molecule has 1 aromatic rings. The molecule has 0 atom stereocenters. The molecule has 1 aromatic carbocycles. The lowest BCUT2D eigenvalue weighted by Crippen LogP contribution is -2.32. The molecular weight excluding hydrogens is 232 g/mol. The molecule has 0 aromatic heterocycles. The molecule has 1 fully saturated rings. The van der Waals surface area contributed by atoms with E-state index in [1.807, 2.05) is 0 Å². The SMILES string of the molecule is Cc1cccc(N(C)CCNCC2CCCCC2)c1. The number of hydrogen-bond donors (Lipinski definition) is 1. The van der Waals surface area contributed by atoms with Crippen LogP contribution in [0.1, 0.15) is 37.7 Å². The molecule has 0 spiro atoms. The van der Waals surface area contributed by atoms with Crippen LogP contribution in [0.5, 0.6) is 0 Å². The average molecular weight is 260 g/mol. The average Bonchev–Trinajstić information content (AvgIpc) is 2.44. The van der Waals surface area contributed by atoms with Gasteiger partial charge in [-0.2, -0.15) is 0 Å². The molecule has 0 saturated heterocycles. The van der Waals surface area contributed by atoms with Crippen LogP contribution in [0.15, 0.2) is 24.3 Å². The Morgan fingerprint density at radius 3 is 2.74 bits per heavy atom. The molecule has 2 nitrogen and oxygen atoms in total. The van der Waals surface area contributed by atoms with Gasteiger partial charge in [-0.25, -0.2) is 0 Å². The van der Waals surface area contributed by atoms with E-state index >= 15 is 0 Å². The van der Waals surface area contributed by atoms with Crippen molar-refractivity contribution in [2.24, 2.45) is 5.92 Å². The molecule has 2 heteroatoms. The van der Waals surface area contributed by atoms with Gasteiger partial charge in [0.25, 0.3) is 0 Å². The van der Waals surface area contributed by atoms with Crippen LogP contribution >= 0.6 is 0 Å². The molecule has 1 N–H and O–H groups in total. The van der Waals surface area contributed by atoms with E-state index in [-0.39, 0.29) is 0 Å². The van der Waals surface area contributed by atoms with Crippen molar-refractivity contribution in [3.8, 4) is 0 Å². The first kappa shape index (κ1) is 14.4. The Kier molecular flexibility index (Phi) is 5.71. The highest BCUT2D eigenvalue weighted by Crippen LogP contribution is 2.22. The van der Waals surface area contributed by atoms with Gasteiger partial charge in [0.15, 0.2) is 0 Å². The third-order valence-electron chi connectivity index (χ3n) is 4.22. The van der Waals surface area contributed by atoms with Gasteiger partial charge in [0.1, 0.15) is 0 Å². The number of nitrogens with zero attached hydrogens (tertiary/aromatic N) is 1. The molecule has 0 unspecified atom stereocenters. The van der Waals surface area contributed by atoms with Crippen molar-refractivity contribution in [3.05, 3.63) is 29.8 Å². The van der Waals surface area contributed by atoms with E-state index in [0.29, 0.717) is 0 Å². The molecule has 19 heavy (non-hydrogen) atoms. The minimum atomic E-state index is 0.929. The summed E-state index contributed by atoms with van der Waals surface area (Å²) in [5, 5.41) is 3.63. The van der Waals surface area contributed by atoms with Gasteiger partial charge in [0, 0.05) is 25.8 Å². The number of nitrogens with one attached hydrogen (secondary N) is 1. The summed E-state index contributed by atoms with van der Waals surface area (Å²) in [5.74, 6) is 0.929. The van der Waals surface area contributed by atoms with Crippen LogP contribution in [-0.4, -0.2) is 26.7 Å². The van der Waals surface area contributed by atoms with E-state index < -0.39 is 0 Å². The van der Waals surface area contributed by atoms with Crippen molar-refractivity contribution < 1.29 is 0 Å². The summed E-state index contributed by atoms with van der Waals surface area (Å²) in [5.41, 5.74) is 2.65. The third-order valence-corrected chi connectivity index (χ3v) is 4.22. The molecule has 0 heterocycles. The summed E-state index contributed by atoms with van der Waals surface area (Å²) >= 11 is 0. The summed E-state index contributed by atoms with van der Waals surface area (Å²) < 4.78 is 0. The monoisotopic (exact) mass is 260 g/mol. The summed E-state index contributed by atoms with van der Waals surface area (Å²) in [6, 6.07) is 8.73. The zero-order valence-electron chi connectivity index (χ0n) is 12.5. The second-order valence-electron chi connectivity index (χ2n) is 5.97. The molecule has 0 bridgehead atoms. The molecule has 1 aliphatic rings. The Balaban J connectivity index is 1.64. The Morgan fingerprint density at radius 1 is 1.21 bits per heavy atom. The zero-order chi connectivity index (χ0) is 13.5. The fourth-order valence-corrected chi connectivity index (χ4v) is 2.94. The van der Waals surface area contributed by atoms with Crippen LogP contribution in [0.2, 0.25) is 0 Å². The first-order valence-electron chi connectivity index (χ1n) is 7.74. The standard InChI is InChI=1S/C17H28N2/c1-15-7-6-10-17(13-15)19(2)12-11-18-14-16-8-4-3-5-9-16/h6-7,10,13,16,18H,3-5,8-9,11-12,14H2,1-2H3. The smallest absolute Gasteiger partial charge is 0.0366 e. The molecule has 0 radical (unpaired) electrons. The van der Waals surface area contributed by atoms with Crippen molar-refractivity contribution >= 4 is 5.69 Å². The number of aryl methyl sites for hydroxylation is 1. The predicted octanol–water partition coefficient (Wildman–Crippen LogP) is 3.60. The Morgan fingerprint density at radius 2 is 2.00 bits per heavy atom. The molecule has 0 aliphatic heterocycles. The first-order chi connectivity index (χ1) is 9.25. The van der Waals surface area contributed by atoms with Gasteiger partial charge >= 0.3 is 0 Å². The van der Waals surface area contributed by atoms with Crippen LogP contribution in [0.3, 0.4) is 0 Å². The van der Waals surface area contributed by atoms with Gasteiger partial charge in [0.05, 0.1) is 0 Å². The summed E-state index contributed by atoms with van der Waals surface area (Å²) in [4.78, 5) is 2.33. The molecule has 2 rings (SSSR count). The Labute approximate surface area is 118 Å². The van der Waals surface area contributed by atoms with Gasteiger partial charge in [-0.1, -0.05) is 31.4 Å². The van der Waals surface area contributed by atoms with Crippen LogP contribution in [0, 0.1) is 12.8 Å². The lowest BCUT2D eigenvalue weighted by molar-refractivity contribution is 0.343. The van der Waals surface area contributed by atoms with E-state index in [4.69, 9.17) is 0 Å². The van der Waals surface area contributed by atoms with Crippen molar-refractivity contribution in [2.75, 3.05) is 31.6 Å². The lowest BCUT2D eigenvalue weighted by atomic mass is 9.89. The molecule has 1 saturated carbocycles. The van der Waals surface area contributed by atoms with Gasteiger partial charge in [0.2, 0.25) is 0 Å². The molecule has 0 amide bonds. The maximum Gasteiger partial charge on any atom is 0.0366 e. The number of benzene rings is 1. The number of likely N-dealkylation sites (N-methyl/N-ethyl adjacent to an activating group) is 1. The quantitative estimate of drug-likeness (QED) is 0.786. The van der Waals surface area contributed by atoms with Crippen LogP contribution in [-0.2, 0) is 0 Å². The third kappa shape index (κ3) is 4.87. The van der Waals surface area contributed by atoms with Crippen LogP contribution < -0.4 is 10.2 Å². The van der Waals surface area contributed by atoms with E-state index in [0.717, 1.165) is 19.0 Å². The maximum absolute atomic E-state index is 3.63. The number of rotatable bonds is 6. The number of anilines is 1. The zero-order valence-corrected chi connectivity index (χ0v) is 12.5. The van der Waals surface area contributed by atoms with Crippen molar-refractivity contribution in [1.82, 2.24) is 5.32 Å². The fraction of sp³-hybridized carbons (Fsp3) is 0.647. The molecule has 1 aliphatic carbocycles. The lowest BCUT2D eigenvalue weighted by Gasteiger charge is -2.23. The van der Waals surface area contributed by atoms with Gasteiger partial charge in [-0.3, -0.25) is 0 Å². The minimum Gasteiger partial charge on any atom is -0.373 e. The largest absolute Gasteiger partial charge is 0.373 e. The summed E-state index contributed by atoms with van der Waals surface area (Å²) in [6.45, 7) is 5.53. The van der Waals surface area contributed by atoms with Crippen LogP contribution in [0.4, 0.5) is 5.69 Å². The van der Waals surface area contributed by atoms with Crippen molar-refractivity contribution in [3.63, 3.8) is 0 Å². The minimum absolute atomic E-state index is 0.929. The van der Waals surface area contributed by atoms with E-state index in [1.165, 1.54) is 49.9 Å². The maximum atomic E-state index is 3.63. The Bertz CT molecular complexity index is 369. The molecular formula is C17H28N2. The van der Waals surface area contributed by atoms with Crippen LogP contribution in [0.25, 0.3) is 0 Å². The van der Waals surface area contributed by atoms with Crippen molar-refractivity contribution in [2.45, 2.75) is 39.0 Å². The number of hydrogen-bond acceptors (Lipinski definition) is 2. The highest BCUT2D eigenvalue weighted by Gasteiger charge is 2.12. The summed E-state index contributed by atoms with van der Waals surface area (Å²) in [6.07, 6.45) is 7.19. The highest BCUT2D eigenvalue weighted by atomic mass is 15.1. The normalized spacial score (nSPS) is 16.5. The van der Waals surface area contributed by atoms with E-state index in [9.17, 15) is 0 Å². The second-order valence-corrected chi connectivity index (χ2v) is 5.97. The fourth-order valence-electron chi connectivity index (χ4n) is 2.94. The second kappa shape index (κ2) is 7.54. The van der Waals surface area contributed by atoms with Gasteiger partial charge in [-0.05, 0) is 49.9 Å². The topological polar surface area (TPSA) is 15.3 Å².